The summed E-state index contributed by atoms with van der Waals surface area (Å²) in [6, 6.07) is 7.88. The van der Waals surface area contributed by atoms with Gasteiger partial charge < -0.3 is 15.1 Å². The van der Waals surface area contributed by atoms with E-state index in [0.29, 0.717) is 0 Å². The molecule has 0 aliphatic carbocycles. The van der Waals surface area contributed by atoms with Crippen LogP contribution in [-0.4, -0.2) is 11.9 Å². The molecule has 0 saturated carbocycles. The number of aryl methyl sites for hydroxylation is 3. The van der Waals surface area contributed by atoms with Gasteiger partial charge in [0.15, 0.2) is 11.8 Å². The summed E-state index contributed by atoms with van der Waals surface area (Å²) in [7, 11) is 0. The first-order chi connectivity index (χ1) is 10.4. The molecule has 1 aromatic carbocycles. The molecule has 0 unspecified atom stereocenters. The van der Waals surface area contributed by atoms with Gasteiger partial charge in [-0.25, -0.2) is 0 Å². The number of carbonyl (C=O) groups is 1. The van der Waals surface area contributed by atoms with Crippen LogP contribution in [0.1, 0.15) is 42.3 Å². The molecule has 2 rings (SSSR count). The Kier molecular flexibility index (Phi) is 5.03. The molecule has 0 bridgehead atoms. The standard InChI is InChI=1S/C18H24N2O2/c1-11-9-12(2)17(13(3)10-11)20-18(21)15(5)19-14(4)16-7-6-8-22-16/h6-10,14-15,19H,1-5H3,(H,20,21)/p+1/t14-,15-/m1/s1. The average Bonchev–Trinajstić information content (AvgIpc) is 2.96. The minimum Gasteiger partial charge on any atom is -0.463 e. The van der Waals surface area contributed by atoms with Crippen LogP contribution in [0, 0.1) is 20.8 Å². The van der Waals surface area contributed by atoms with Crippen molar-refractivity contribution in [1.82, 2.24) is 0 Å². The molecule has 0 aliphatic rings. The van der Waals surface area contributed by atoms with Crippen LogP contribution in [0.5, 0.6) is 0 Å². The van der Waals surface area contributed by atoms with Crippen LogP contribution in [0.2, 0.25) is 0 Å². The molecule has 0 spiro atoms. The van der Waals surface area contributed by atoms with Crippen molar-refractivity contribution in [3.05, 3.63) is 53.0 Å². The molecule has 0 fully saturated rings. The van der Waals surface area contributed by atoms with Crippen molar-refractivity contribution in [2.75, 3.05) is 5.32 Å². The number of nitrogens with one attached hydrogen (secondary N) is 1. The molecule has 2 atom stereocenters. The van der Waals surface area contributed by atoms with Crippen LogP contribution >= 0.6 is 0 Å². The summed E-state index contributed by atoms with van der Waals surface area (Å²) < 4.78 is 5.38. The van der Waals surface area contributed by atoms with Gasteiger partial charge in [0, 0.05) is 5.69 Å². The SMILES string of the molecule is Cc1cc(C)c(NC(=O)[C@@H](C)[NH2+][C@H](C)c2ccco2)c(C)c1. The first-order valence-electron chi connectivity index (χ1n) is 7.65. The maximum atomic E-state index is 12.4. The highest BCUT2D eigenvalue weighted by Gasteiger charge is 2.22. The van der Waals surface area contributed by atoms with Gasteiger partial charge in [-0.15, -0.1) is 0 Å². The highest BCUT2D eigenvalue weighted by atomic mass is 16.3. The largest absolute Gasteiger partial charge is 0.463 e. The number of quaternary nitrogens is 1. The van der Waals surface area contributed by atoms with Crippen molar-refractivity contribution in [3.8, 4) is 0 Å². The summed E-state index contributed by atoms with van der Waals surface area (Å²) >= 11 is 0. The van der Waals surface area contributed by atoms with Gasteiger partial charge in [0.25, 0.3) is 5.91 Å². The molecule has 3 N–H and O–H groups in total. The molecule has 0 aliphatic heterocycles. The highest BCUT2D eigenvalue weighted by molar-refractivity contribution is 5.95. The lowest BCUT2D eigenvalue weighted by Crippen LogP contribution is -2.91. The molecule has 0 radical (unpaired) electrons. The van der Waals surface area contributed by atoms with Gasteiger partial charge in [-0.2, -0.15) is 0 Å². The Labute approximate surface area is 131 Å². The van der Waals surface area contributed by atoms with Gasteiger partial charge in [0.1, 0.15) is 6.04 Å². The Balaban J connectivity index is 2.03. The van der Waals surface area contributed by atoms with E-state index in [1.54, 1.807) is 6.26 Å². The quantitative estimate of drug-likeness (QED) is 0.892. The lowest BCUT2D eigenvalue weighted by atomic mass is 10.0. The van der Waals surface area contributed by atoms with Crippen LogP contribution in [0.4, 0.5) is 5.69 Å². The maximum Gasteiger partial charge on any atom is 0.282 e. The second kappa shape index (κ2) is 6.79. The summed E-state index contributed by atoms with van der Waals surface area (Å²) in [5.74, 6) is 0.885. The van der Waals surface area contributed by atoms with Gasteiger partial charge in [0.2, 0.25) is 0 Å². The fourth-order valence-electron chi connectivity index (χ4n) is 2.78. The van der Waals surface area contributed by atoms with Gasteiger partial charge in [-0.1, -0.05) is 17.7 Å². The summed E-state index contributed by atoms with van der Waals surface area (Å²) in [6.07, 6.45) is 1.66. The third kappa shape index (κ3) is 3.77. The van der Waals surface area contributed by atoms with E-state index in [9.17, 15) is 4.79 Å². The van der Waals surface area contributed by atoms with Crippen LogP contribution < -0.4 is 10.6 Å². The summed E-state index contributed by atoms with van der Waals surface area (Å²) in [5.41, 5.74) is 4.31. The predicted molar refractivity (Wildman–Crippen MR) is 87.8 cm³/mol. The Morgan fingerprint density at radius 2 is 1.82 bits per heavy atom. The van der Waals surface area contributed by atoms with Crippen molar-refractivity contribution in [3.63, 3.8) is 0 Å². The van der Waals surface area contributed by atoms with Gasteiger partial charge in [0.05, 0.1) is 6.26 Å². The molecule has 2 aromatic rings. The predicted octanol–water partition coefficient (Wildman–Crippen LogP) is 2.86. The fraction of sp³-hybridized carbons (Fsp3) is 0.389. The zero-order valence-corrected chi connectivity index (χ0v) is 13.9. The van der Waals surface area contributed by atoms with Crippen LogP contribution in [0.3, 0.4) is 0 Å². The third-order valence-corrected chi connectivity index (χ3v) is 3.91. The zero-order chi connectivity index (χ0) is 16.3. The maximum absolute atomic E-state index is 12.4. The Morgan fingerprint density at radius 1 is 1.18 bits per heavy atom. The van der Waals surface area contributed by atoms with Crippen molar-refractivity contribution < 1.29 is 14.5 Å². The molecule has 1 heterocycles. The highest BCUT2D eigenvalue weighted by Crippen LogP contribution is 2.21. The molecule has 0 saturated heterocycles. The fourth-order valence-corrected chi connectivity index (χ4v) is 2.78. The van der Waals surface area contributed by atoms with Crippen LogP contribution in [-0.2, 0) is 4.79 Å². The molecular weight excluding hydrogens is 276 g/mol. The summed E-state index contributed by atoms with van der Waals surface area (Å²) in [5, 5.41) is 5.06. The van der Waals surface area contributed by atoms with Gasteiger partial charge in [-0.3, -0.25) is 4.79 Å². The van der Waals surface area contributed by atoms with Crippen molar-refractivity contribution in [2.24, 2.45) is 0 Å². The van der Waals surface area contributed by atoms with Crippen molar-refractivity contribution >= 4 is 11.6 Å². The van der Waals surface area contributed by atoms with E-state index in [-0.39, 0.29) is 18.0 Å². The second-order valence-corrected chi connectivity index (χ2v) is 6.05. The first-order valence-corrected chi connectivity index (χ1v) is 7.65. The normalized spacial score (nSPS) is 13.7. The number of furan rings is 1. The lowest BCUT2D eigenvalue weighted by Gasteiger charge is -2.17. The Bertz CT molecular complexity index is 624. The zero-order valence-electron chi connectivity index (χ0n) is 13.9. The number of benzene rings is 1. The van der Waals surface area contributed by atoms with E-state index in [4.69, 9.17) is 4.42 Å². The van der Waals surface area contributed by atoms with Gasteiger partial charge >= 0.3 is 0 Å². The molecule has 4 heteroatoms. The lowest BCUT2D eigenvalue weighted by molar-refractivity contribution is -0.711. The molecule has 1 aromatic heterocycles. The van der Waals surface area contributed by atoms with E-state index in [2.05, 4.69) is 24.4 Å². The number of nitrogens with two attached hydrogens (primary N) is 1. The van der Waals surface area contributed by atoms with Gasteiger partial charge in [-0.05, 0) is 57.9 Å². The smallest absolute Gasteiger partial charge is 0.282 e. The number of anilines is 1. The number of amides is 1. The van der Waals surface area contributed by atoms with Crippen LogP contribution in [0.25, 0.3) is 0 Å². The van der Waals surface area contributed by atoms with E-state index in [1.165, 1.54) is 5.56 Å². The van der Waals surface area contributed by atoms with Crippen molar-refractivity contribution in [2.45, 2.75) is 46.7 Å². The molecule has 1 amide bonds. The van der Waals surface area contributed by atoms with E-state index in [0.717, 1.165) is 22.6 Å². The van der Waals surface area contributed by atoms with Crippen LogP contribution in [0.15, 0.2) is 34.9 Å². The minimum atomic E-state index is -0.194. The number of hydrogen-bond acceptors (Lipinski definition) is 2. The Hall–Kier alpha value is -2.07. The topological polar surface area (TPSA) is 58.9 Å². The van der Waals surface area contributed by atoms with E-state index >= 15 is 0 Å². The first kappa shape index (κ1) is 16.3. The molecular formula is C18H25N2O2+. The average molecular weight is 301 g/mol. The van der Waals surface area contributed by atoms with Crippen molar-refractivity contribution in [1.29, 1.82) is 0 Å². The van der Waals surface area contributed by atoms with E-state index < -0.39 is 0 Å². The molecule has 118 valence electrons. The third-order valence-electron chi connectivity index (χ3n) is 3.91. The second-order valence-electron chi connectivity index (χ2n) is 6.05. The Morgan fingerprint density at radius 3 is 2.36 bits per heavy atom. The summed E-state index contributed by atoms with van der Waals surface area (Å²) in [6.45, 7) is 10.1. The number of rotatable bonds is 5. The molecule has 4 nitrogen and oxygen atoms in total. The minimum absolute atomic E-state index is 0.00783. The van der Waals surface area contributed by atoms with E-state index in [1.807, 2.05) is 45.1 Å². The monoisotopic (exact) mass is 301 g/mol. The molecule has 22 heavy (non-hydrogen) atoms. The number of carbonyl (C=O) groups excluding carboxylic acids is 1. The number of hydrogen-bond donors (Lipinski definition) is 2. The summed E-state index contributed by atoms with van der Waals surface area (Å²) in [4.78, 5) is 12.4.